The second-order valence-corrected chi connectivity index (χ2v) is 6.01. The molecule has 1 heterocycles. The van der Waals surface area contributed by atoms with Crippen molar-refractivity contribution in [3.05, 3.63) is 62.6 Å². The fourth-order valence-electron chi connectivity index (χ4n) is 2.95. The molecule has 2 aromatic rings. The van der Waals surface area contributed by atoms with E-state index in [0.29, 0.717) is 18.5 Å². The van der Waals surface area contributed by atoms with Crippen molar-refractivity contribution in [2.24, 2.45) is 0 Å². The summed E-state index contributed by atoms with van der Waals surface area (Å²) in [6, 6.07) is 7.77. The van der Waals surface area contributed by atoms with Gasteiger partial charge in [0.1, 0.15) is 11.3 Å². The quantitative estimate of drug-likeness (QED) is 0.812. The van der Waals surface area contributed by atoms with E-state index in [1.807, 2.05) is 31.2 Å². The average molecular weight is 312 g/mol. The van der Waals surface area contributed by atoms with Crippen LogP contribution in [0.15, 0.2) is 29.1 Å². The van der Waals surface area contributed by atoms with E-state index in [9.17, 15) is 14.7 Å². The standard InChI is InChI=1S/C18H20N2O3/c1-11-6-8-12(9-7-11)10-19-17(22)15-16(21)13-4-2-3-5-14(13)20-18(15)23/h6-9H,2-5,10H2,1H3,(H,19,22)(H2,20,21,23). The van der Waals surface area contributed by atoms with Crippen LogP contribution < -0.4 is 10.9 Å². The van der Waals surface area contributed by atoms with Crippen molar-refractivity contribution in [1.82, 2.24) is 10.3 Å². The Balaban J connectivity index is 1.82. The van der Waals surface area contributed by atoms with Crippen LogP contribution in [0, 0.1) is 6.92 Å². The third-order valence-electron chi connectivity index (χ3n) is 4.28. The second kappa shape index (κ2) is 6.28. The summed E-state index contributed by atoms with van der Waals surface area (Å²) in [5.41, 5.74) is 2.84. The summed E-state index contributed by atoms with van der Waals surface area (Å²) in [7, 11) is 0. The van der Waals surface area contributed by atoms with Crippen LogP contribution >= 0.6 is 0 Å². The fourth-order valence-corrected chi connectivity index (χ4v) is 2.95. The number of aryl methyl sites for hydroxylation is 2. The zero-order chi connectivity index (χ0) is 16.4. The first-order chi connectivity index (χ1) is 11.1. The molecule has 0 unspecified atom stereocenters. The molecule has 1 aliphatic rings. The van der Waals surface area contributed by atoms with E-state index in [1.54, 1.807) is 0 Å². The molecule has 0 bridgehead atoms. The van der Waals surface area contributed by atoms with Gasteiger partial charge in [-0.05, 0) is 38.2 Å². The van der Waals surface area contributed by atoms with Crippen molar-refractivity contribution >= 4 is 5.91 Å². The molecule has 0 atom stereocenters. The molecule has 5 nitrogen and oxygen atoms in total. The van der Waals surface area contributed by atoms with Crippen LogP contribution in [0.5, 0.6) is 5.75 Å². The Kier molecular flexibility index (Phi) is 4.19. The molecule has 1 aromatic carbocycles. The summed E-state index contributed by atoms with van der Waals surface area (Å²) in [5, 5.41) is 13.0. The number of aromatic hydroxyl groups is 1. The number of hydrogen-bond donors (Lipinski definition) is 3. The van der Waals surface area contributed by atoms with E-state index < -0.39 is 11.5 Å². The molecule has 1 amide bonds. The molecule has 0 spiro atoms. The lowest BCUT2D eigenvalue weighted by molar-refractivity contribution is 0.0946. The van der Waals surface area contributed by atoms with Crippen LogP contribution in [0.4, 0.5) is 0 Å². The fraction of sp³-hybridized carbons (Fsp3) is 0.333. The zero-order valence-electron chi connectivity index (χ0n) is 13.1. The number of aromatic nitrogens is 1. The number of benzene rings is 1. The maximum Gasteiger partial charge on any atom is 0.264 e. The first-order valence-corrected chi connectivity index (χ1v) is 7.87. The number of fused-ring (bicyclic) bond motifs is 1. The van der Waals surface area contributed by atoms with Crippen molar-refractivity contribution in [3.8, 4) is 5.75 Å². The van der Waals surface area contributed by atoms with Crippen molar-refractivity contribution in [2.75, 3.05) is 0 Å². The Labute approximate surface area is 134 Å². The Morgan fingerprint density at radius 2 is 1.91 bits per heavy atom. The van der Waals surface area contributed by atoms with Gasteiger partial charge in [0.15, 0.2) is 0 Å². The molecule has 5 heteroatoms. The topological polar surface area (TPSA) is 82.2 Å². The van der Waals surface area contributed by atoms with E-state index in [4.69, 9.17) is 0 Å². The monoisotopic (exact) mass is 312 g/mol. The number of hydrogen-bond acceptors (Lipinski definition) is 3. The summed E-state index contributed by atoms with van der Waals surface area (Å²) in [4.78, 5) is 27.2. The molecule has 3 N–H and O–H groups in total. The molecule has 1 aliphatic carbocycles. The highest BCUT2D eigenvalue weighted by Gasteiger charge is 2.23. The Morgan fingerprint density at radius 3 is 2.65 bits per heavy atom. The lowest BCUT2D eigenvalue weighted by atomic mass is 9.93. The zero-order valence-corrected chi connectivity index (χ0v) is 13.1. The molecule has 0 fully saturated rings. The highest BCUT2D eigenvalue weighted by atomic mass is 16.3. The number of nitrogens with one attached hydrogen (secondary N) is 2. The smallest absolute Gasteiger partial charge is 0.264 e. The third kappa shape index (κ3) is 3.13. The summed E-state index contributed by atoms with van der Waals surface area (Å²) in [6.45, 7) is 2.31. The van der Waals surface area contributed by atoms with Crippen LogP contribution in [-0.4, -0.2) is 16.0 Å². The number of pyridine rings is 1. The minimum atomic E-state index is -0.544. The first kappa shape index (κ1) is 15.3. The molecular weight excluding hydrogens is 292 g/mol. The van der Waals surface area contributed by atoms with Gasteiger partial charge < -0.3 is 15.4 Å². The molecule has 1 aromatic heterocycles. The molecule has 0 aliphatic heterocycles. The van der Waals surface area contributed by atoms with Gasteiger partial charge in [-0.3, -0.25) is 9.59 Å². The maximum atomic E-state index is 12.3. The van der Waals surface area contributed by atoms with Crippen LogP contribution in [0.3, 0.4) is 0 Å². The Bertz CT molecular complexity index is 791. The summed E-state index contributed by atoms with van der Waals surface area (Å²) >= 11 is 0. The van der Waals surface area contributed by atoms with E-state index in [0.717, 1.165) is 36.1 Å². The second-order valence-electron chi connectivity index (χ2n) is 6.01. The van der Waals surface area contributed by atoms with Crippen LogP contribution in [0.25, 0.3) is 0 Å². The number of carbonyl (C=O) groups excluding carboxylic acids is 1. The maximum absolute atomic E-state index is 12.3. The first-order valence-electron chi connectivity index (χ1n) is 7.87. The summed E-state index contributed by atoms with van der Waals surface area (Å²) < 4.78 is 0. The van der Waals surface area contributed by atoms with Crippen molar-refractivity contribution in [3.63, 3.8) is 0 Å². The average Bonchev–Trinajstić information content (AvgIpc) is 2.54. The van der Waals surface area contributed by atoms with Gasteiger partial charge >= 0.3 is 0 Å². The van der Waals surface area contributed by atoms with Crippen LogP contribution in [0.1, 0.15) is 45.6 Å². The Hall–Kier alpha value is -2.56. The summed E-state index contributed by atoms with van der Waals surface area (Å²) in [5.74, 6) is -0.706. The number of carbonyl (C=O) groups is 1. The molecule has 0 saturated heterocycles. The normalized spacial score (nSPS) is 13.4. The molecular formula is C18H20N2O3. The van der Waals surface area contributed by atoms with Gasteiger partial charge in [0, 0.05) is 17.8 Å². The molecule has 3 rings (SSSR count). The third-order valence-corrected chi connectivity index (χ3v) is 4.28. The van der Waals surface area contributed by atoms with Crippen molar-refractivity contribution in [1.29, 1.82) is 0 Å². The van der Waals surface area contributed by atoms with Crippen molar-refractivity contribution < 1.29 is 9.90 Å². The number of rotatable bonds is 3. The number of H-pyrrole nitrogens is 1. The highest BCUT2D eigenvalue weighted by molar-refractivity contribution is 5.96. The number of aromatic amines is 1. The van der Waals surface area contributed by atoms with E-state index in [-0.39, 0.29) is 11.3 Å². The molecule has 23 heavy (non-hydrogen) atoms. The van der Waals surface area contributed by atoms with Gasteiger partial charge in [-0.25, -0.2) is 0 Å². The van der Waals surface area contributed by atoms with Gasteiger partial charge in [-0.2, -0.15) is 0 Å². The highest BCUT2D eigenvalue weighted by Crippen LogP contribution is 2.28. The largest absolute Gasteiger partial charge is 0.507 e. The number of amides is 1. The van der Waals surface area contributed by atoms with Gasteiger partial charge in [0.2, 0.25) is 0 Å². The van der Waals surface area contributed by atoms with Crippen molar-refractivity contribution in [2.45, 2.75) is 39.2 Å². The van der Waals surface area contributed by atoms with E-state index in [2.05, 4.69) is 10.3 Å². The lowest BCUT2D eigenvalue weighted by Gasteiger charge is -2.18. The van der Waals surface area contributed by atoms with Gasteiger partial charge in [-0.15, -0.1) is 0 Å². The predicted molar refractivity (Wildman–Crippen MR) is 87.7 cm³/mol. The van der Waals surface area contributed by atoms with Gasteiger partial charge in [0.25, 0.3) is 11.5 Å². The van der Waals surface area contributed by atoms with Gasteiger partial charge in [0.05, 0.1) is 0 Å². The van der Waals surface area contributed by atoms with Crippen LogP contribution in [-0.2, 0) is 19.4 Å². The van der Waals surface area contributed by atoms with Gasteiger partial charge in [-0.1, -0.05) is 29.8 Å². The lowest BCUT2D eigenvalue weighted by Crippen LogP contribution is -2.31. The predicted octanol–water partition coefficient (Wildman–Crippen LogP) is 2.20. The SMILES string of the molecule is Cc1ccc(CNC(=O)c2c(O)c3c([nH]c2=O)CCCC3)cc1. The molecule has 120 valence electrons. The summed E-state index contributed by atoms with van der Waals surface area (Å²) in [6.07, 6.45) is 3.37. The van der Waals surface area contributed by atoms with E-state index in [1.165, 1.54) is 0 Å². The van der Waals surface area contributed by atoms with Crippen LogP contribution in [0.2, 0.25) is 0 Å². The minimum Gasteiger partial charge on any atom is -0.507 e. The molecule has 0 saturated carbocycles. The Morgan fingerprint density at radius 1 is 1.22 bits per heavy atom. The minimum absolute atomic E-state index is 0.162. The van der Waals surface area contributed by atoms with E-state index >= 15 is 0 Å². The molecule has 0 radical (unpaired) electrons.